The van der Waals surface area contributed by atoms with Crippen LogP contribution in [0.1, 0.15) is 30.9 Å². The molecule has 0 aromatic heterocycles. The highest BCUT2D eigenvalue weighted by molar-refractivity contribution is 5.77. The highest BCUT2D eigenvalue weighted by Gasteiger charge is 2.03. The first-order valence-corrected chi connectivity index (χ1v) is 9.73. The van der Waals surface area contributed by atoms with Crippen LogP contribution in [0.3, 0.4) is 0 Å². The summed E-state index contributed by atoms with van der Waals surface area (Å²) in [4.78, 5) is 22.8. The Morgan fingerprint density at radius 2 is 1.61 bits per heavy atom. The Bertz CT molecular complexity index is 713. The van der Waals surface area contributed by atoms with Crippen LogP contribution in [0.15, 0.2) is 54.6 Å². The summed E-state index contributed by atoms with van der Waals surface area (Å²) in [6.45, 7) is 3.45. The maximum atomic E-state index is 11.8. The SMILES string of the molecule is CC(=O)CCc1ccc(OCC(=O)NCCCOCCc2ccccc2)cc1. The minimum Gasteiger partial charge on any atom is -0.484 e. The minimum absolute atomic E-state index is 0.0122. The summed E-state index contributed by atoms with van der Waals surface area (Å²) in [7, 11) is 0. The molecule has 2 aromatic rings. The van der Waals surface area contributed by atoms with Crippen LogP contribution in [-0.2, 0) is 27.2 Å². The predicted octanol–water partition coefficient (Wildman–Crippen LogP) is 3.35. The summed E-state index contributed by atoms with van der Waals surface area (Å²) in [5.41, 5.74) is 2.35. The van der Waals surface area contributed by atoms with Crippen LogP contribution in [-0.4, -0.2) is 38.1 Å². The van der Waals surface area contributed by atoms with Crippen LogP contribution >= 0.6 is 0 Å². The van der Waals surface area contributed by atoms with Crippen molar-refractivity contribution in [1.82, 2.24) is 5.32 Å². The first kappa shape index (κ1) is 21.6. The molecule has 2 rings (SSSR count). The molecule has 0 aliphatic heterocycles. The van der Waals surface area contributed by atoms with Crippen molar-refractivity contribution in [2.75, 3.05) is 26.4 Å². The van der Waals surface area contributed by atoms with E-state index in [1.807, 2.05) is 42.5 Å². The molecule has 0 heterocycles. The molecule has 1 amide bonds. The van der Waals surface area contributed by atoms with Crippen molar-refractivity contribution in [3.63, 3.8) is 0 Å². The zero-order valence-corrected chi connectivity index (χ0v) is 16.5. The fourth-order valence-electron chi connectivity index (χ4n) is 2.61. The molecule has 0 saturated heterocycles. The zero-order valence-electron chi connectivity index (χ0n) is 16.5. The van der Waals surface area contributed by atoms with Crippen molar-refractivity contribution in [2.45, 2.75) is 32.6 Å². The molecule has 5 nitrogen and oxygen atoms in total. The standard InChI is InChI=1S/C23H29NO4/c1-19(25)8-9-21-10-12-22(13-11-21)28-18-23(26)24-15-5-16-27-17-14-20-6-3-2-4-7-20/h2-4,6-7,10-13H,5,8-9,14-18H2,1H3,(H,24,26). The lowest BCUT2D eigenvalue weighted by Crippen LogP contribution is -2.30. The van der Waals surface area contributed by atoms with E-state index < -0.39 is 0 Å². The molecule has 1 N–H and O–H groups in total. The molecule has 0 radical (unpaired) electrons. The van der Waals surface area contributed by atoms with E-state index in [2.05, 4.69) is 17.4 Å². The van der Waals surface area contributed by atoms with Gasteiger partial charge in [-0.1, -0.05) is 42.5 Å². The van der Waals surface area contributed by atoms with Gasteiger partial charge in [0.1, 0.15) is 11.5 Å². The van der Waals surface area contributed by atoms with Gasteiger partial charge in [0, 0.05) is 19.6 Å². The van der Waals surface area contributed by atoms with Gasteiger partial charge in [0.25, 0.3) is 5.91 Å². The lowest BCUT2D eigenvalue weighted by atomic mass is 10.1. The Morgan fingerprint density at radius 1 is 0.893 bits per heavy atom. The second kappa shape index (κ2) is 12.7. The fourth-order valence-corrected chi connectivity index (χ4v) is 2.61. The Hall–Kier alpha value is -2.66. The van der Waals surface area contributed by atoms with Gasteiger partial charge >= 0.3 is 0 Å². The highest BCUT2D eigenvalue weighted by atomic mass is 16.5. The van der Waals surface area contributed by atoms with Gasteiger partial charge in [-0.25, -0.2) is 0 Å². The van der Waals surface area contributed by atoms with Crippen LogP contribution in [0, 0.1) is 0 Å². The lowest BCUT2D eigenvalue weighted by Gasteiger charge is -2.09. The van der Waals surface area contributed by atoms with E-state index in [1.165, 1.54) is 5.56 Å². The summed E-state index contributed by atoms with van der Waals surface area (Å²) >= 11 is 0. The predicted molar refractivity (Wildman–Crippen MR) is 110 cm³/mol. The van der Waals surface area contributed by atoms with Crippen molar-refractivity contribution in [3.05, 3.63) is 65.7 Å². The van der Waals surface area contributed by atoms with Gasteiger partial charge in [0.2, 0.25) is 0 Å². The number of aryl methyl sites for hydroxylation is 1. The monoisotopic (exact) mass is 383 g/mol. The second-order valence-electron chi connectivity index (χ2n) is 6.69. The van der Waals surface area contributed by atoms with E-state index in [-0.39, 0.29) is 18.3 Å². The number of ketones is 1. The zero-order chi connectivity index (χ0) is 20.0. The van der Waals surface area contributed by atoms with Crippen LogP contribution in [0.4, 0.5) is 0 Å². The van der Waals surface area contributed by atoms with Crippen LogP contribution in [0.5, 0.6) is 5.75 Å². The lowest BCUT2D eigenvalue weighted by molar-refractivity contribution is -0.123. The first-order valence-electron chi connectivity index (χ1n) is 9.73. The summed E-state index contributed by atoms with van der Waals surface area (Å²) in [6, 6.07) is 17.7. The normalized spacial score (nSPS) is 10.5. The smallest absolute Gasteiger partial charge is 0.257 e. The summed E-state index contributed by atoms with van der Waals surface area (Å²) < 4.78 is 11.1. The topological polar surface area (TPSA) is 64.6 Å². The van der Waals surface area contributed by atoms with Crippen molar-refractivity contribution >= 4 is 11.7 Å². The highest BCUT2D eigenvalue weighted by Crippen LogP contribution is 2.13. The van der Waals surface area contributed by atoms with Crippen molar-refractivity contribution < 1.29 is 19.1 Å². The average molecular weight is 383 g/mol. The molecule has 0 saturated carbocycles. The Labute approximate surface area is 167 Å². The summed E-state index contributed by atoms with van der Waals surface area (Å²) in [5.74, 6) is 0.675. The number of carbonyl (C=O) groups excluding carboxylic acids is 2. The van der Waals surface area contributed by atoms with E-state index in [1.54, 1.807) is 6.92 Å². The fraction of sp³-hybridized carbons (Fsp3) is 0.391. The number of hydrogen-bond acceptors (Lipinski definition) is 4. The first-order chi connectivity index (χ1) is 13.6. The minimum atomic E-state index is -0.148. The van der Waals surface area contributed by atoms with Crippen molar-refractivity contribution in [2.24, 2.45) is 0 Å². The third-order valence-electron chi connectivity index (χ3n) is 4.22. The molecule has 0 unspecified atom stereocenters. The van der Waals surface area contributed by atoms with Crippen molar-refractivity contribution in [3.8, 4) is 5.75 Å². The average Bonchev–Trinajstić information content (AvgIpc) is 2.71. The number of amides is 1. The summed E-state index contributed by atoms with van der Waals surface area (Å²) in [6.07, 6.45) is 2.93. The maximum absolute atomic E-state index is 11.8. The van der Waals surface area contributed by atoms with E-state index >= 15 is 0 Å². The van der Waals surface area contributed by atoms with E-state index in [9.17, 15) is 9.59 Å². The molecular formula is C23H29NO4. The number of hydrogen-bond donors (Lipinski definition) is 1. The summed E-state index contributed by atoms with van der Waals surface area (Å²) in [5, 5.41) is 2.82. The van der Waals surface area contributed by atoms with Gasteiger partial charge in [-0.3, -0.25) is 4.79 Å². The third kappa shape index (κ3) is 9.33. The molecule has 0 fully saturated rings. The maximum Gasteiger partial charge on any atom is 0.257 e. The van der Waals surface area contributed by atoms with Crippen LogP contribution < -0.4 is 10.1 Å². The molecule has 0 aliphatic rings. The quantitative estimate of drug-likeness (QED) is 0.539. The van der Waals surface area contributed by atoms with Crippen LogP contribution in [0.25, 0.3) is 0 Å². The van der Waals surface area contributed by atoms with Gasteiger partial charge in [-0.2, -0.15) is 0 Å². The van der Waals surface area contributed by atoms with Gasteiger partial charge < -0.3 is 19.6 Å². The Kier molecular flexibility index (Phi) is 9.80. The molecular weight excluding hydrogens is 354 g/mol. The van der Waals surface area contributed by atoms with Gasteiger partial charge in [0.05, 0.1) is 6.61 Å². The molecule has 0 atom stereocenters. The molecule has 5 heteroatoms. The molecule has 150 valence electrons. The Balaban J connectivity index is 1.50. The van der Waals surface area contributed by atoms with E-state index in [4.69, 9.17) is 9.47 Å². The van der Waals surface area contributed by atoms with Gasteiger partial charge in [0.15, 0.2) is 6.61 Å². The third-order valence-corrected chi connectivity index (χ3v) is 4.22. The van der Waals surface area contributed by atoms with Crippen LogP contribution in [0.2, 0.25) is 0 Å². The largest absolute Gasteiger partial charge is 0.484 e. The molecule has 0 bridgehead atoms. The molecule has 0 spiro atoms. The number of rotatable bonds is 13. The van der Waals surface area contributed by atoms with E-state index in [0.29, 0.717) is 31.9 Å². The van der Waals surface area contributed by atoms with E-state index in [0.717, 1.165) is 24.8 Å². The Morgan fingerprint density at radius 3 is 2.32 bits per heavy atom. The molecule has 28 heavy (non-hydrogen) atoms. The number of ether oxygens (including phenoxy) is 2. The number of carbonyl (C=O) groups is 2. The number of nitrogens with one attached hydrogen (secondary N) is 1. The molecule has 2 aromatic carbocycles. The van der Waals surface area contributed by atoms with Gasteiger partial charge in [-0.15, -0.1) is 0 Å². The number of benzene rings is 2. The number of Topliss-reactive ketones (excluding diaryl/α,β-unsaturated/α-hetero) is 1. The second-order valence-corrected chi connectivity index (χ2v) is 6.69. The van der Waals surface area contributed by atoms with Gasteiger partial charge in [-0.05, 0) is 49.4 Å². The van der Waals surface area contributed by atoms with Crippen molar-refractivity contribution in [1.29, 1.82) is 0 Å². The molecule has 0 aliphatic carbocycles.